The molecule has 8 atom stereocenters. The number of esters is 2. The molecule has 1 rings (SSSR count). The Bertz CT molecular complexity index is 1420. The Labute approximate surface area is 368 Å². The van der Waals surface area contributed by atoms with E-state index in [4.69, 9.17) is 28.3 Å². The SMILES string of the molecule is CCCCC/C=C\C=C\C(=O)CCCCCCCC(=O)O[C@H](COC(=O)CCCCCCC/C=C\CCCCCC)COP(=O)(O)O[C@H]1C(O)C(O)C(O)[C@@H](OP(=O)(O)O)C1O. The molecule has 62 heavy (non-hydrogen) atoms. The van der Waals surface area contributed by atoms with Crippen LogP contribution in [0.2, 0.25) is 0 Å². The molecule has 7 N–H and O–H groups in total. The van der Waals surface area contributed by atoms with Crippen LogP contribution in [0.3, 0.4) is 0 Å². The van der Waals surface area contributed by atoms with Crippen molar-refractivity contribution in [2.75, 3.05) is 13.2 Å². The van der Waals surface area contributed by atoms with Crippen LogP contribution in [0.5, 0.6) is 0 Å². The summed E-state index contributed by atoms with van der Waals surface area (Å²) in [5.74, 6) is -1.27. The molecule has 0 aromatic heterocycles. The maximum absolute atomic E-state index is 13.0. The third-order valence-electron chi connectivity index (χ3n) is 10.2. The number of hydrogen-bond acceptors (Lipinski definition) is 14. The van der Waals surface area contributed by atoms with Gasteiger partial charge in [-0.15, -0.1) is 0 Å². The second kappa shape index (κ2) is 34.3. The van der Waals surface area contributed by atoms with Crippen LogP contribution in [0.1, 0.15) is 162 Å². The number of phosphoric acid groups is 2. The third kappa shape index (κ3) is 28.6. The molecule has 1 fully saturated rings. The monoisotopic (exact) mass is 926 g/mol. The smallest absolute Gasteiger partial charge is 0.462 e. The van der Waals surface area contributed by atoms with Crippen molar-refractivity contribution in [3.8, 4) is 0 Å². The quantitative estimate of drug-likeness (QED) is 0.00815. The summed E-state index contributed by atoms with van der Waals surface area (Å²) in [6, 6.07) is 0. The lowest BCUT2D eigenvalue weighted by molar-refractivity contribution is -0.216. The number of allylic oxidation sites excluding steroid dienone is 6. The summed E-state index contributed by atoms with van der Waals surface area (Å²) in [5.41, 5.74) is 0. The average molecular weight is 927 g/mol. The molecule has 0 radical (unpaired) electrons. The number of ketones is 1. The molecule has 1 aliphatic carbocycles. The molecule has 1 saturated carbocycles. The first-order chi connectivity index (χ1) is 29.5. The van der Waals surface area contributed by atoms with E-state index < -0.39 is 83.5 Å². The Kier molecular flexibility index (Phi) is 32.0. The van der Waals surface area contributed by atoms with Crippen molar-refractivity contribution in [2.24, 2.45) is 0 Å². The topological polar surface area (TPSA) is 273 Å². The van der Waals surface area contributed by atoms with Crippen LogP contribution in [0.25, 0.3) is 0 Å². The van der Waals surface area contributed by atoms with Gasteiger partial charge < -0.3 is 44.6 Å². The van der Waals surface area contributed by atoms with Crippen LogP contribution in [-0.4, -0.2) is 109 Å². The van der Waals surface area contributed by atoms with Crippen LogP contribution >= 0.6 is 15.6 Å². The van der Waals surface area contributed by atoms with Crippen LogP contribution in [0.4, 0.5) is 0 Å². The molecule has 0 aliphatic heterocycles. The van der Waals surface area contributed by atoms with Gasteiger partial charge in [-0.3, -0.25) is 28.0 Å². The Morgan fingerprint density at radius 1 is 0.548 bits per heavy atom. The number of ether oxygens (including phenoxy) is 2. The zero-order valence-corrected chi connectivity index (χ0v) is 38.6. The first kappa shape index (κ1) is 57.9. The van der Waals surface area contributed by atoms with E-state index in [1.165, 1.54) is 32.1 Å². The van der Waals surface area contributed by atoms with Crippen LogP contribution in [-0.2, 0) is 46.6 Å². The van der Waals surface area contributed by atoms with Gasteiger partial charge in [-0.05, 0) is 63.9 Å². The van der Waals surface area contributed by atoms with Crippen molar-refractivity contribution in [1.82, 2.24) is 0 Å². The maximum Gasteiger partial charge on any atom is 0.472 e. The molecule has 0 aromatic carbocycles. The lowest BCUT2D eigenvalue weighted by Crippen LogP contribution is -2.64. The van der Waals surface area contributed by atoms with E-state index in [1.54, 1.807) is 12.2 Å². The van der Waals surface area contributed by atoms with E-state index in [1.807, 2.05) is 6.08 Å². The summed E-state index contributed by atoms with van der Waals surface area (Å²) >= 11 is 0. The molecule has 17 nitrogen and oxygen atoms in total. The second-order valence-corrected chi connectivity index (χ2v) is 18.4. The van der Waals surface area contributed by atoms with Gasteiger partial charge >= 0.3 is 27.6 Å². The van der Waals surface area contributed by atoms with E-state index in [2.05, 4.69) is 36.6 Å². The van der Waals surface area contributed by atoms with E-state index in [0.717, 1.165) is 70.6 Å². The summed E-state index contributed by atoms with van der Waals surface area (Å²) in [5, 5.41) is 41.1. The number of phosphoric ester groups is 2. The van der Waals surface area contributed by atoms with Gasteiger partial charge in [-0.2, -0.15) is 0 Å². The second-order valence-electron chi connectivity index (χ2n) is 15.8. The van der Waals surface area contributed by atoms with E-state index in [0.29, 0.717) is 32.1 Å². The fraction of sp³-hybridized carbons (Fsp3) is 0.791. The van der Waals surface area contributed by atoms with Gasteiger partial charge in [0.1, 0.15) is 43.2 Å². The first-order valence-electron chi connectivity index (χ1n) is 22.5. The standard InChI is InChI=1S/C43H76O17P2/c1-3-5-7-9-11-12-13-14-15-16-18-22-26-30-36(45)56-32-35(58-37(46)31-27-23-19-21-25-29-34(44)28-24-20-17-10-8-6-4-2)33-57-62(54,55)60-43-40(49)38(47)39(48)42(41(43)50)59-61(51,52)53/h12-13,17,20,24,28,35,38-43,47-50H,3-11,14-16,18-19,21-23,25-27,29-33H2,1-2H3,(H,54,55)(H2,51,52,53)/b13-12-,20-17-,28-24+/t35-,38?,39?,40?,41?,42-,43+/m1/s1. The highest BCUT2D eigenvalue weighted by Crippen LogP contribution is 2.49. The van der Waals surface area contributed by atoms with E-state index in [9.17, 15) is 48.8 Å². The summed E-state index contributed by atoms with van der Waals surface area (Å²) in [6.07, 6.45) is 16.5. The normalized spacial score (nSPS) is 22.3. The van der Waals surface area contributed by atoms with Crippen molar-refractivity contribution in [3.63, 3.8) is 0 Å². The van der Waals surface area contributed by atoms with Gasteiger partial charge in [0.25, 0.3) is 0 Å². The van der Waals surface area contributed by atoms with E-state index >= 15 is 0 Å². The summed E-state index contributed by atoms with van der Waals surface area (Å²) in [6.45, 7) is 2.92. The van der Waals surface area contributed by atoms with Gasteiger partial charge in [0, 0.05) is 19.3 Å². The summed E-state index contributed by atoms with van der Waals surface area (Å²) < 4.78 is 49.2. The lowest BCUT2D eigenvalue weighted by atomic mass is 9.85. The number of unbranched alkanes of at least 4 members (excludes halogenated alkanes) is 16. The van der Waals surface area contributed by atoms with Crippen molar-refractivity contribution in [1.29, 1.82) is 0 Å². The minimum Gasteiger partial charge on any atom is -0.462 e. The van der Waals surface area contributed by atoms with Gasteiger partial charge in [0.2, 0.25) is 0 Å². The number of carbonyl (C=O) groups excluding carboxylic acids is 3. The molecular weight excluding hydrogens is 850 g/mol. The van der Waals surface area contributed by atoms with Crippen molar-refractivity contribution in [2.45, 2.75) is 204 Å². The third-order valence-corrected chi connectivity index (χ3v) is 11.7. The van der Waals surface area contributed by atoms with Gasteiger partial charge in [-0.25, -0.2) is 9.13 Å². The predicted molar refractivity (Wildman–Crippen MR) is 232 cm³/mol. The Morgan fingerprint density at radius 2 is 1.03 bits per heavy atom. The van der Waals surface area contributed by atoms with Crippen LogP contribution in [0, 0.1) is 0 Å². The molecule has 19 heteroatoms. The molecule has 5 unspecified atom stereocenters. The Balaban J connectivity index is 2.67. The Hall–Kier alpha value is -2.11. The minimum absolute atomic E-state index is 0.0413. The first-order valence-corrected chi connectivity index (χ1v) is 25.5. The molecule has 0 bridgehead atoms. The number of carbonyl (C=O) groups is 3. The molecule has 0 amide bonds. The van der Waals surface area contributed by atoms with Gasteiger partial charge in [-0.1, -0.05) is 115 Å². The molecular formula is C43H76O17P2. The summed E-state index contributed by atoms with van der Waals surface area (Å²) in [7, 11) is -10.7. The molecule has 1 aliphatic rings. The highest BCUT2D eigenvalue weighted by molar-refractivity contribution is 7.47. The van der Waals surface area contributed by atoms with Crippen molar-refractivity contribution >= 4 is 33.4 Å². The predicted octanol–water partition coefficient (Wildman–Crippen LogP) is 7.13. The van der Waals surface area contributed by atoms with Crippen molar-refractivity contribution in [3.05, 3.63) is 36.5 Å². The molecule has 0 spiro atoms. The minimum atomic E-state index is -5.38. The maximum atomic E-state index is 13.0. The Morgan fingerprint density at radius 3 is 1.63 bits per heavy atom. The van der Waals surface area contributed by atoms with Gasteiger partial charge in [0.15, 0.2) is 11.9 Å². The molecule has 0 saturated heterocycles. The zero-order valence-electron chi connectivity index (χ0n) is 36.8. The van der Waals surface area contributed by atoms with Crippen molar-refractivity contribution < 1.29 is 81.7 Å². The van der Waals surface area contributed by atoms with Crippen LogP contribution in [0.15, 0.2) is 36.5 Å². The molecule has 360 valence electrons. The lowest BCUT2D eigenvalue weighted by Gasteiger charge is -2.43. The van der Waals surface area contributed by atoms with Gasteiger partial charge in [0.05, 0.1) is 6.61 Å². The highest BCUT2D eigenvalue weighted by Gasteiger charge is 2.54. The molecule has 0 heterocycles. The van der Waals surface area contributed by atoms with Crippen LogP contribution < -0.4 is 0 Å². The number of aliphatic hydroxyl groups is 4. The number of rotatable bonds is 37. The van der Waals surface area contributed by atoms with E-state index in [-0.39, 0.29) is 18.6 Å². The number of aliphatic hydroxyl groups excluding tert-OH is 4. The molecule has 0 aromatic rings. The zero-order chi connectivity index (χ0) is 46.2. The number of hydrogen-bond donors (Lipinski definition) is 7. The highest BCUT2D eigenvalue weighted by atomic mass is 31.2. The fourth-order valence-corrected chi connectivity index (χ4v) is 8.13. The fourth-order valence-electron chi connectivity index (χ4n) is 6.59. The average Bonchev–Trinajstić information content (AvgIpc) is 3.22. The summed E-state index contributed by atoms with van der Waals surface area (Å²) in [4.78, 5) is 66.2. The largest absolute Gasteiger partial charge is 0.472 e.